The molecule has 0 rings (SSSR count). The molecule has 0 fully saturated rings. The van der Waals surface area contributed by atoms with Crippen LogP contribution in [0.15, 0.2) is 0 Å². The molecule has 0 aliphatic carbocycles. The van der Waals surface area contributed by atoms with Crippen molar-refractivity contribution < 1.29 is 0 Å². The maximum Gasteiger partial charge on any atom is -0.147 e. The summed E-state index contributed by atoms with van der Waals surface area (Å²) < 4.78 is 1.51. The molecule has 0 bridgehead atoms. The molecule has 3 radical (unpaired) electrons. The molecule has 0 aliphatic rings. The van der Waals surface area contributed by atoms with Crippen LogP contribution in [-0.4, -0.2) is 30.6 Å². The minimum atomic E-state index is -0.715. The van der Waals surface area contributed by atoms with Crippen molar-refractivity contribution in [1.29, 1.82) is 0 Å². The maximum atomic E-state index is 2.48. The summed E-state index contributed by atoms with van der Waals surface area (Å²) in [7, 11) is -0.715. The van der Waals surface area contributed by atoms with Gasteiger partial charge in [0, 0.05) is 0 Å². The largest absolute Gasteiger partial charge is 0.147 e. The molecule has 0 aromatic heterocycles. The van der Waals surface area contributed by atoms with Crippen molar-refractivity contribution >= 4 is 43.0 Å². The van der Waals surface area contributed by atoms with Gasteiger partial charge in [-0.2, -0.15) is 0 Å². The van der Waals surface area contributed by atoms with Gasteiger partial charge in [-0.15, -0.1) is 12.4 Å². The smallest absolute Gasteiger partial charge is 0.147 e. The van der Waals surface area contributed by atoms with E-state index in [1.165, 1.54) is 4.06 Å². The number of rotatable bonds is 2. The summed E-state index contributed by atoms with van der Waals surface area (Å²) in [4.78, 5) is 0. The van der Waals surface area contributed by atoms with Gasteiger partial charge >= 0.3 is 67.1 Å². The van der Waals surface area contributed by atoms with Gasteiger partial charge in [0.25, 0.3) is 0 Å². The van der Waals surface area contributed by atoms with Crippen molar-refractivity contribution in [2.24, 2.45) is 0 Å². The molecular weight excluding hydrogens is 254 g/mol. The van der Waals surface area contributed by atoms with E-state index in [2.05, 4.69) is 26.9 Å². The van der Waals surface area contributed by atoms with Crippen LogP contribution in [0.25, 0.3) is 0 Å². The minimum Gasteiger partial charge on any atom is -0.147 e. The molecule has 0 aliphatic heterocycles. The molecule has 0 saturated carbocycles. The molecule has 0 aromatic carbocycles. The van der Waals surface area contributed by atoms with Crippen molar-refractivity contribution in [1.82, 2.24) is 0 Å². The van der Waals surface area contributed by atoms with Crippen molar-refractivity contribution in [2.75, 3.05) is 0 Å². The van der Waals surface area contributed by atoms with Crippen molar-refractivity contribution in [2.45, 2.75) is 36.5 Å². The van der Waals surface area contributed by atoms with E-state index in [4.69, 9.17) is 0 Å². The Morgan fingerprint density at radius 3 is 1.67 bits per heavy atom. The minimum absolute atomic E-state index is 0. The van der Waals surface area contributed by atoms with Crippen LogP contribution < -0.4 is 0 Å². The van der Waals surface area contributed by atoms with E-state index in [1.54, 1.807) is 22.5 Å². The van der Waals surface area contributed by atoms with Crippen LogP contribution in [0.3, 0.4) is 0 Å². The Morgan fingerprint density at radius 1 is 1.33 bits per heavy atom. The Bertz CT molecular complexity index is 73.5. The van der Waals surface area contributed by atoms with Gasteiger partial charge in [-0.1, -0.05) is 0 Å². The monoisotopic (exact) mass is 271 g/mol. The second kappa shape index (κ2) is 5.02. The molecule has 3 heteroatoms. The normalized spacial score (nSPS) is 11.3. The maximum absolute atomic E-state index is 2.48. The molecule has 0 atom stereocenters. The van der Waals surface area contributed by atoms with Gasteiger partial charge in [-0.05, 0) is 0 Å². The van der Waals surface area contributed by atoms with Crippen LogP contribution >= 0.6 is 12.4 Å². The Hall–Kier alpha value is 1.31. The number of hydrogen-bond acceptors (Lipinski definition) is 0. The van der Waals surface area contributed by atoms with Crippen LogP contribution in [0.2, 0.25) is 22.7 Å². The Balaban J connectivity index is 0. The molecule has 0 aromatic rings. The molecule has 0 unspecified atom stereocenters. The molecule has 0 spiro atoms. The van der Waals surface area contributed by atoms with Gasteiger partial charge in [0.15, 0.2) is 0 Å². The first-order valence-corrected chi connectivity index (χ1v) is 8.45. The van der Waals surface area contributed by atoms with E-state index in [0.29, 0.717) is 0 Å². The SMILES string of the molecule is CC(C)[Si](C)(C)[CH2][Sn].Cl. The Labute approximate surface area is 79.3 Å². The Morgan fingerprint density at radius 2 is 1.67 bits per heavy atom. The summed E-state index contributed by atoms with van der Waals surface area (Å²) in [6.07, 6.45) is 0. The van der Waals surface area contributed by atoms with Crippen molar-refractivity contribution in [3.05, 3.63) is 0 Å². The molecule has 0 nitrogen and oxygen atoms in total. The third-order valence-electron chi connectivity index (χ3n) is 2.02. The van der Waals surface area contributed by atoms with Gasteiger partial charge < -0.3 is 0 Å². The van der Waals surface area contributed by atoms with E-state index in [9.17, 15) is 0 Å². The quantitative estimate of drug-likeness (QED) is 0.677. The molecule has 0 saturated heterocycles. The Kier molecular flexibility index (Phi) is 7.22. The summed E-state index contributed by atoms with van der Waals surface area (Å²) in [6.45, 7) is 9.67. The average Bonchev–Trinajstić information content (AvgIpc) is 1.67. The van der Waals surface area contributed by atoms with Gasteiger partial charge in [0.2, 0.25) is 0 Å². The van der Waals surface area contributed by atoms with E-state index in [-0.39, 0.29) is 12.4 Å². The molecule has 0 N–H and O–H groups in total. The average molecular weight is 270 g/mol. The summed E-state index contributed by atoms with van der Waals surface area (Å²) in [6, 6.07) is 0. The first-order chi connectivity index (χ1) is 3.50. The molecule has 55 valence electrons. The predicted molar refractivity (Wildman–Crippen MR) is 50.4 cm³/mol. The van der Waals surface area contributed by atoms with Crippen LogP contribution in [0.1, 0.15) is 13.8 Å². The summed E-state index contributed by atoms with van der Waals surface area (Å²) in [5.41, 5.74) is 0.974. The van der Waals surface area contributed by atoms with Gasteiger partial charge in [0.05, 0.1) is 0 Å². The second-order valence-corrected chi connectivity index (χ2v) is 11.8. The van der Waals surface area contributed by atoms with E-state index in [1.807, 2.05) is 0 Å². The summed E-state index contributed by atoms with van der Waals surface area (Å²) in [5, 5.41) is 0. The van der Waals surface area contributed by atoms with Crippen LogP contribution in [0, 0.1) is 0 Å². The summed E-state index contributed by atoms with van der Waals surface area (Å²) in [5.74, 6) is 0. The van der Waals surface area contributed by atoms with Crippen molar-refractivity contribution in [3.8, 4) is 0 Å². The van der Waals surface area contributed by atoms with Crippen LogP contribution in [0.4, 0.5) is 0 Å². The van der Waals surface area contributed by atoms with E-state index >= 15 is 0 Å². The second-order valence-electron chi connectivity index (χ2n) is 3.32. The van der Waals surface area contributed by atoms with Crippen LogP contribution in [-0.2, 0) is 0 Å². The molecular formula is C6H16ClSiSn. The fraction of sp³-hybridized carbons (Fsp3) is 1.00. The first-order valence-electron chi connectivity index (χ1n) is 3.15. The molecule has 9 heavy (non-hydrogen) atoms. The van der Waals surface area contributed by atoms with Gasteiger partial charge in [0.1, 0.15) is 0 Å². The van der Waals surface area contributed by atoms with E-state index in [0.717, 1.165) is 5.54 Å². The van der Waals surface area contributed by atoms with Crippen LogP contribution in [0.5, 0.6) is 0 Å². The fourth-order valence-electron chi connectivity index (χ4n) is 0.204. The van der Waals surface area contributed by atoms with Crippen molar-refractivity contribution in [3.63, 3.8) is 0 Å². The third-order valence-corrected chi connectivity index (χ3v) is 13.9. The number of hydrogen-bond donors (Lipinski definition) is 0. The first kappa shape index (κ1) is 12.9. The molecule has 0 heterocycles. The molecule has 0 amide bonds. The standard InChI is InChI=1S/C6H15Si.ClH.Sn/c1-6(2)7(3,4)5;;/h6H,3H2,1-2,4-5H3;1H;. The predicted octanol–water partition coefficient (Wildman–Crippen LogP) is 2.65. The zero-order valence-electron chi connectivity index (χ0n) is 6.69. The topological polar surface area (TPSA) is 0 Å². The zero-order chi connectivity index (χ0) is 6.78. The summed E-state index contributed by atoms with van der Waals surface area (Å²) >= 11 is 1.73. The van der Waals surface area contributed by atoms with Gasteiger partial charge in [-0.25, -0.2) is 0 Å². The zero-order valence-corrected chi connectivity index (χ0v) is 11.4. The third kappa shape index (κ3) is 4.68. The number of halogens is 1. The van der Waals surface area contributed by atoms with Gasteiger partial charge in [-0.3, -0.25) is 0 Å². The van der Waals surface area contributed by atoms with E-state index < -0.39 is 8.07 Å². The fourth-order valence-corrected chi connectivity index (χ4v) is 4.11.